The number of aryl methyl sites for hydroxylation is 2. The molecule has 3 heteroatoms. The quantitative estimate of drug-likeness (QED) is 0.912. The van der Waals surface area contributed by atoms with E-state index in [-0.39, 0.29) is 5.82 Å². The average Bonchev–Trinajstić information content (AvgIpc) is 2.41. The summed E-state index contributed by atoms with van der Waals surface area (Å²) in [6, 6.07) is 10.9. The van der Waals surface area contributed by atoms with Gasteiger partial charge in [-0.05, 0) is 54.3 Å². The highest BCUT2D eigenvalue weighted by Gasteiger charge is 2.03. The fraction of sp³-hybridized carbons (Fsp3) is 0.250. The zero-order valence-electron chi connectivity index (χ0n) is 11.2. The fourth-order valence-corrected chi connectivity index (χ4v) is 1.91. The minimum Gasteiger partial charge on any atom is -0.489 e. The Morgan fingerprint density at radius 1 is 1.05 bits per heavy atom. The molecule has 0 aliphatic carbocycles. The molecule has 0 aliphatic heterocycles. The molecule has 0 atom stereocenters. The summed E-state index contributed by atoms with van der Waals surface area (Å²) < 4.78 is 18.8. The Labute approximate surface area is 113 Å². The summed E-state index contributed by atoms with van der Waals surface area (Å²) >= 11 is 0. The summed E-state index contributed by atoms with van der Waals surface area (Å²) in [4.78, 5) is 0. The second-order valence-electron chi connectivity index (χ2n) is 4.66. The van der Waals surface area contributed by atoms with Crippen LogP contribution in [0.2, 0.25) is 0 Å². The fourth-order valence-electron chi connectivity index (χ4n) is 1.91. The summed E-state index contributed by atoms with van der Waals surface area (Å²) in [7, 11) is 0. The van der Waals surface area contributed by atoms with Crippen molar-refractivity contribution in [2.24, 2.45) is 5.73 Å². The molecule has 2 rings (SSSR count). The normalized spacial score (nSPS) is 10.5. The van der Waals surface area contributed by atoms with Crippen LogP contribution in [0.3, 0.4) is 0 Å². The first-order chi connectivity index (χ1) is 9.10. The Morgan fingerprint density at radius 2 is 1.84 bits per heavy atom. The Hall–Kier alpha value is -1.87. The molecule has 0 spiro atoms. The van der Waals surface area contributed by atoms with E-state index in [0.717, 1.165) is 16.7 Å². The van der Waals surface area contributed by atoms with Crippen LogP contribution < -0.4 is 10.5 Å². The van der Waals surface area contributed by atoms with Gasteiger partial charge in [0.05, 0.1) is 0 Å². The molecule has 2 N–H and O–H groups in total. The number of halogens is 1. The number of ether oxygens (including phenoxy) is 1. The van der Waals surface area contributed by atoms with Crippen molar-refractivity contribution in [3.8, 4) is 5.75 Å². The molecule has 0 unspecified atom stereocenters. The number of nitrogens with two attached hydrogens (primary N) is 1. The van der Waals surface area contributed by atoms with Crippen molar-refractivity contribution in [3.05, 3.63) is 64.5 Å². The highest BCUT2D eigenvalue weighted by atomic mass is 19.1. The van der Waals surface area contributed by atoms with Crippen LogP contribution in [0.15, 0.2) is 36.4 Å². The van der Waals surface area contributed by atoms with Gasteiger partial charge >= 0.3 is 0 Å². The van der Waals surface area contributed by atoms with Gasteiger partial charge in [0.2, 0.25) is 0 Å². The SMILES string of the molecule is Cc1cc(OCc2ccc(CN)cc2C)ccc1F. The highest BCUT2D eigenvalue weighted by molar-refractivity contribution is 5.32. The third kappa shape index (κ3) is 3.32. The maximum absolute atomic E-state index is 13.1. The van der Waals surface area contributed by atoms with Crippen molar-refractivity contribution in [1.82, 2.24) is 0 Å². The first-order valence-corrected chi connectivity index (χ1v) is 6.27. The molecule has 0 bridgehead atoms. The van der Waals surface area contributed by atoms with Crippen LogP contribution in [0, 0.1) is 19.7 Å². The van der Waals surface area contributed by atoms with Crippen LogP contribution in [-0.4, -0.2) is 0 Å². The number of hydrogen-bond donors (Lipinski definition) is 1. The minimum atomic E-state index is -0.212. The van der Waals surface area contributed by atoms with Crippen molar-refractivity contribution in [2.75, 3.05) is 0 Å². The number of hydrogen-bond acceptors (Lipinski definition) is 2. The third-order valence-corrected chi connectivity index (χ3v) is 3.17. The second kappa shape index (κ2) is 5.85. The van der Waals surface area contributed by atoms with Gasteiger partial charge in [0.25, 0.3) is 0 Å². The Kier molecular flexibility index (Phi) is 4.17. The number of benzene rings is 2. The molecule has 19 heavy (non-hydrogen) atoms. The molecule has 0 aliphatic rings. The highest BCUT2D eigenvalue weighted by Crippen LogP contribution is 2.19. The molecule has 0 saturated carbocycles. The largest absolute Gasteiger partial charge is 0.489 e. The zero-order valence-corrected chi connectivity index (χ0v) is 11.2. The van der Waals surface area contributed by atoms with Gasteiger partial charge < -0.3 is 10.5 Å². The van der Waals surface area contributed by atoms with E-state index >= 15 is 0 Å². The Balaban J connectivity index is 2.07. The van der Waals surface area contributed by atoms with E-state index in [2.05, 4.69) is 6.07 Å². The lowest BCUT2D eigenvalue weighted by Gasteiger charge is -2.10. The summed E-state index contributed by atoms with van der Waals surface area (Å²) in [5.41, 5.74) is 9.56. The van der Waals surface area contributed by atoms with Crippen molar-refractivity contribution < 1.29 is 9.13 Å². The van der Waals surface area contributed by atoms with Crippen molar-refractivity contribution in [1.29, 1.82) is 0 Å². The van der Waals surface area contributed by atoms with E-state index in [0.29, 0.717) is 24.5 Å². The molecule has 100 valence electrons. The predicted octanol–water partition coefficient (Wildman–Crippen LogP) is 3.48. The van der Waals surface area contributed by atoms with Crippen molar-refractivity contribution in [3.63, 3.8) is 0 Å². The lowest BCUT2D eigenvalue weighted by molar-refractivity contribution is 0.304. The first-order valence-electron chi connectivity index (χ1n) is 6.27. The van der Waals surface area contributed by atoms with Crippen LogP contribution in [-0.2, 0) is 13.2 Å². The maximum atomic E-state index is 13.1. The van der Waals surface area contributed by atoms with E-state index in [1.807, 2.05) is 19.1 Å². The topological polar surface area (TPSA) is 35.2 Å². The predicted molar refractivity (Wildman–Crippen MR) is 74.5 cm³/mol. The molecule has 0 heterocycles. The molecule has 2 aromatic rings. The van der Waals surface area contributed by atoms with Gasteiger partial charge in [-0.25, -0.2) is 4.39 Å². The Morgan fingerprint density at radius 3 is 2.47 bits per heavy atom. The lowest BCUT2D eigenvalue weighted by Crippen LogP contribution is -2.01. The van der Waals surface area contributed by atoms with E-state index < -0.39 is 0 Å². The van der Waals surface area contributed by atoms with Gasteiger partial charge in [-0.1, -0.05) is 18.2 Å². The van der Waals surface area contributed by atoms with E-state index in [4.69, 9.17) is 10.5 Å². The molecular formula is C16H18FNO. The van der Waals surface area contributed by atoms with Crippen LogP contribution in [0.4, 0.5) is 4.39 Å². The lowest BCUT2D eigenvalue weighted by atomic mass is 10.1. The van der Waals surface area contributed by atoms with Crippen LogP contribution in [0.25, 0.3) is 0 Å². The van der Waals surface area contributed by atoms with E-state index in [1.54, 1.807) is 19.1 Å². The van der Waals surface area contributed by atoms with Crippen molar-refractivity contribution >= 4 is 0 Å². The summed E-state index contributed by atoms with van der Waals surface area (Å²) in [5.74, 6) is 0.469. The van der Waals surface area contributed by atoms with Gasteiger partial charge in [0.1, 0.15) is 18.2 Å². The molecule has 0 fully saturated rings. The first kappa shape index (κ1) is 13.6. The molecule has 0 aromatic heterocycles. The van der Waals surface area contributed by atoms with E-state index in [9.17, 15) is 4.39 Å². The molecular weight excluding hydrogens is 241 g/mol. The van der Waals surface area contributed by atoms with Gasteiger partial charge in [0, 0.05) is 6.54 Å². The molecule has 0 amide bonds. The third-order valence-electron chi connectivity index (χ3n) is 3.17. The zero-order chi connectivity index (χ0) is 13.8. The smallest absolute Gasteiger partial charge is 0.126 e. The van der Waals surface area contributed by atoms with E-state index in [1.165, 1.54) is 6.07 Å². The minimum absolute atomic E-state index is 0.212. The maximum Gasteiger partial charge on any atom is 0.126 e. The molecule has 2 aromatic carbocycles. The van der Waals surface area contributed by atoms with Crippen LogP contribution >= 0.6 is 0 Å². The van der Waals surface area contributed by atoms with Crippen molar-refractivity contribution in [2.45, 2.75) is 27.0 Å². The standard InChI is InChI=1S/C16H18FNO/c1-11-7-13(9-18)3-4-14(11)10-19-15-5-6-16(17)12(2)8-15/h3-8H,9-10,18H2,1-2H3. The van der Waals surface area contributed by atoms with Gasteiger partial charge in [-0.3, -0.25) is 0 Å². The van der Waals surface area contributed by atoms with Gasteiger partial charge in [0.15, 0.2) is 0 Å². The molecule has 2 nitrogen and oxygen atoms in total. The van der Waals surface area contributed by atoms with Gasteiger partial charge in [-0.15, -0.1) is 0 Å². The monoisotopic (exact) mass is 259 g/mol. The Bertz CT molecular complexity index is 581. The summed E-state index contributed by atoms with van der Waals surface area (Å²) in [6.45, 7) is 4.78. The molecule has 0 radical (unpaired) electrons. The summed E-state index contributed by atoms with van der Waals surface area (Å²) in [6.07, 6.45) is 0. The number of rotatable bonds is 4. The molecule has 0 saturated heterocycles. The van der Waals surface area contributed by atoms with Gasteiger partial charge in [-0.2, -0.15) is 0 Å². The summed E-state index contributed by atoms with van der Waals surface area (Å²) in [5, 5.41) is 0. The average molecular weight is 259 g/mol. The second-order valence-corrected chi connectivity index (χ2v) is 4.66. The van der Waals surface area contributed by atoms with Crippen LogP contribution in [0.5, 0.6) is 5.75 Å². The van der Waals surface area contributed by atoms with Crippen LogP contribution in [0.1, 0.15) is 22.3 Å².